The first-order valence-electron chi connectivity index (χ1n) is 9.76. The average molecular weight is 422 g/mol. The lowest BCUT2D eigenvalue weighted by Crippen LogP contribution is -2.54. The molecule has 2 aromatic rings. The molecule has 160 valence electrons. The molecule has 0 bridgehead atoms. The Morgan fingerprint density at radius 2 is 1.74 bits per heavy atom. The second kappa shape index (κ2) is 9.25. The smallest absolute Gasteiger partial charge is 0.341 e. The van der Waals surface area contributed by atoms with Crippen LogP contribution < -0.4 is 15.0 Å². The van der Waals surface area contributed by atoms with E-state index in [1.165, 1.54) is 18.2 Å². The normalized spacial score (nSPS) is 16.3. The first-order valence-corrected chi connectivity index (χ1v) is 9.76. The zero-order valence-corrected chi connectivity index (χ0v) is 17.1. The third-order valence-electron chi connectivity index (χ3n) is 4.99. The molecule has 2 N–H and O–H groups in total. The summed E-state index contributed by atoms with van der Waals surface area (Å²) in [5, 5.41) is 10.8. The van der Waals surface area contributed by atoms with Crippen LogP contribution in [0.2, 0.25) is 0 Å². The van der Waals surface area contributed by atoms with Crippen LogP contribution in [0.3, 0.4) is 0 Å². The Morgan fingerprint density at radius 1 is 1.10 bits per heavy atom. The van der Waals surface area contributed by atoms with Crippen molar-refractivity contribution in [3.05, 3.63) is 65.2 Å². The van der Waals surface area contributed by atoms with Crippen molar-refractivity contribution in [3.8, 4) is 5.75 Å². The van der Waals surface area contributed by atoms with Crippen molar-refractivity contribution in [3.63, 3.8) is 0 Å². The number of hydrogen-bond acceptors (Lipinski definition) is 5. The molecular weight excluding hydrogens is 400 g/mol. The van der Waals surface area contributed by atoms with Crippen molar-refractivity contribution in [2.45, 2.75) is 26.2 Å². The van der Waals surface area contributed by atoms with E-state index in [1.807, 2.05) is 12.1 Å². The largest absolute Gasteiger partial charge is 0.482 e. The second-order valence-corrected chi connectivity index (χ2v) is 7.11. The molecule has 2 aromatic carbocycles. The maximum absolute atomic E-state index is 13.0. The molecule has 8 nitrogen and oxygen atoms in total. The number of carbonyl (C=O) groups is 4. The Hall–Kier alpha value is -3.94. The van der Waals surface area contributed by atoms with E-state index in [0.29, 0.717) is 22.9 Å². The van der Waals surface area contributed by atoms with Crippen LogP contribution >= 0.6 is 0 Å². The van der Waals surface area contributed by atoms with Gasteiger partial charge in [0.15, 0.2) is 6.61 Å². The lowest BCUT2D eigenvalue weighted by molar-refractivity contribution is -0.139. The van der Waals surface area contributed by atoms with Crippen molar-refractivity contribution in [1.82, 2.24) is 5.32 Å². The molecule has 0 unspecified atom stereocenters. The number of nitrogens with zero attached hydrogens (tertiary/aromatic N) is 1. The number of carbonyl (C=O) groups excluding carboxylic acids is 3. The van der Waals surface area contributed by atoms with E-state index in [-0.39, 0.29) is 5.57 Å². The van der Waals surface area contributed by atoms with Crippen LogP contribution in [-0.4, -0.2) is 35.5 Å². The molecule has 0 radical (unpaired) electrons. The highest BCUT2D eigenvalue weighted by Crippen LogP contribution is 2.26. The summed E-state index contributed by atoms with van der Waals surface area (Å²) in [4.78, 5) is 49.1. The number of rotatable bonds is 7. The quantitative estimate of drug-likeness (QED) is 0.523. The molecule has 8 heteroatoms. The summed E-state index contributed by atoms with van der Waals surface area (Å²) in [6.45, 7) is 3.69. The van der Waals surface area contributed by atoms with Crippen molar-refractivity contribution >= 4 is 35.6 Å². The Balaban J connectivity index is 1.84. The van der Waals surface area contributed by atoms with Crippen LogP contribution in [0.1, 0.15) is 37.3 Å². The molecule has 1 aliphatic heterocycles. The summed E-state index contributed by atoms with van der Waals surface area (Å²) in [5.41, 5.74) is 1.78. The average Bonchev–Trinajstić information content (AvgIpc) is 2.75. The molecule has 31 heavy (non-hydrogen) atoms. The molecule has 0 saturated carbocycles. The number of hydrogen-bond donors (Lipinski definition) is 2. The molecular formula is C23H22N2O6. The van der Waals surface area contributed by atoms with Gasteiger partial charge in [-0.05, 0) is 53.8 Å². The third kappa shape index (κ3) is 4.98. The van der Waals surface area contributed by atoms with E-state index in [4.69, 9.17) is 9.84 Å². The third-order valence-corrected chi connectivity index (χ3v) is 4.99. The highest BCUT2D eigenvalue weighted by atomic mass is 16.5. The number of amides is 4. The van der Waals surface area contributed by atoms with Crippen LogP contribution in [0.25, 0.3) is 6.08 Å². The number of anilines is 1. The Morgan fingerprint density at radius 3 is 2.32 bits per heavy atom. The van der Waals surface area contributed by atoms with Gasteiger partial charge in [0, 0.05) is 0 Å². The fourth-order valence-corrected chi connectivity index (χ4v) is 3.05. The fraction of sp³-hybridized carbons (Fsp3) is 0.217. The van der Waals surface area contributed by atoms with E-state index < -0.39 is 30.4 Å². The van der Waals surface area contributed by atoms with Gasteiger partial charge in [0.1, 0.15) is 11.3 Å². The van der Waals surface area contributed by atoms with Crippen LogP contribution in [-0.2, 0) is 14.4 Å². The summed E-state index contributed by atoms with van der Waals surface area (Å²) < 4.78 is 5.06. The number of aliphatic carboxylic acids is 1. The van der Waals surface area contributed by atoms with Gasteiger partial charge >= 0.3 is 12.0 Å². The maximum atomic E-state index is 13.0. The first-order chi connectivity index (χ1) is 14.8. The molecule has 4 amide bonds. The monoisotopic (exact) mass is 422 g/mol. The zero-order chi connectivity index (χ0) is 22.5. The van der Waals surface area contributed by atoms with Crippen LogP contribution in [0.15, 0.2) is 54.1 Å². The van der Waals surface area contributed by atoms with E-state index in [2.05, 4.69) is 19.2 Å². The van der Waals surface area contributed by atoms with Crippen molar-refractivity contribution in [2.75, 3.05) is 11.5 Å². The summed E-state index contributed by atoms with van der Waals surface area (Å²) >= 11 is 0. The highest BCUT2D eigenvalue weighted by molar-refractivity contribution is 6.39. The predicted octanol–water partition coefficient (Wildman–Crippen LogP) is 3.33. The molecule has 0 spiro atoms. The SMILES string of the molecule is CC[C@@H](C)c1ccc(N2C(=O)NC(=O)/C(=C\c3ccc(OCC(=O)O)cc3)C2=O)cc1. The summed E-state index contributed by atoms with van der Waals surface area (Å²) in [5.74, 6) is -1.93. The number of carboxylic acids is 1. The fourth-order valence-electron chi connectivity index (χ4n) is 3.05. The minimum absolute atomic E-state index is 0.190. The molecule has 1 atom stereocenters. The lowest BCUT2D eigenvalue weighted by Gasteiger charge is -2.26. The summed E-state index contributed by atoms with van der Waals surface area (Å²) in [7, 11) is 0. The van der Waals surface area contributed by atoms with E-state index in [9.17, 15) is 19.2 Å². The summed E-state index contributed by atoms with van der Waals surface area (Å²) in [6, 6.07) is 12.5. The van der Waals surface area contributed by atoms with E-state index in [0.717, 1.165) is 16.9 Å². The van der Waals surface area contributed by atoms with E-state index >= 15 is 0 Å². The summed E-state index contributed by atoms with van der Waals surface area (Å²) in [6.07, 6.45) is 2.33. The van der Waals surface area contributed by atoms with Crippen LogP contribution in [0.4, 0.5) is 10.5 Å². The lowest BCUT2D eigenvalue weighted by atomic mass is 9.98. The Bertz CT molecular complexity index is 1040. The number of benzene rings is 2. The van der Waals surface area contributed by atoms with Gasteiger partial charge in [-0.15, -0.1) is 0 Å². The van der Waals surface area contributed by atoms with Crippen molar-refractivity contribution < 1.29 is 29.0 Å². The van der Waals surface area contributed by atoms with Gasteiger partial charge in [0.05, 0.1) is 5.69 Å². The molecule has 3 rings (SSSR count). The zero-order valence-electron chi connectivity index (χ0n) is 17.1. The molecule has 1 fully saturated rings. The molecule has 1 saturated heterocycles. The van der Waals surface area contributed by atoms with Crippen molar-refractivity contribution in [2.24, 2.45) is 0 Å². The predicted molar refractivity (Wildman–Crippen MR) is 114 cm³/mol. The Labute approximate surface area is 179 Å². The van der Waals surface area contributed by atoms with Crippen LogP contribution in [0.5, 0.6) is 5.75 Å². The number of nitrogens with one attached hydrogen (secondary N) is 1. The van der Waals surface area contributed by atoms with Gasteiger partial charge in [-0.25, -0.2) is 14.5 Å². The van der Waals surface area contributed by atoms with Crippen molar-refractivity contribution in [1.29, 1.82) is 0 Å². The van der Waals surface area contributed by atoms with Crippen LogP contribution in [0, 0.1) is 0 Å². The van der Waals surface area contributed by atoms with Gasteiger partial charge in [-0.3, -0.25) is 14.9 Å². The number of ether oxygens (including phenoxy) is 1. The Kier molecular flexibility index (Phi) is 6.49. The van der Waals surface area contributed by atoms with E-state index in [1.54, 1.807) is 24.3 Å². The topological polar surface area (TPSA) is 113 Å². The minimum Gasteiger partial charge on any atom is -0.482 e. The molecule has 0 aliphatic carbocycles. The van der Waals surface area contributed by atoms with Gasteiger partial charge in [0.2, 0.25) is 0 Å². The number of barbiturate groups is 1. The highest BCUT2D eigenvalue weighted by Gasteiger charge is 2.36. The number of urea groups is 1. The van der Waals surface area contributed by atoms with Gasteiger partial charge < -0.3 is 9.84 Å². The van der Waals surface area contributed by atoms with Gasteiger partial charge in [-0.1, -0.05) is 38.1 Å². The standard InChI is InChI=1S/C23H22N2O6/c1-3-14(2)16-6-8-17(9-7-16)25-22(29)19(21(28)24-23(25)30)12-15-4-10-18(11-5-15)31-13-20(26)27/h4-12,14H,3,13H2,1-2H3,(H,26,27)(H,24,28,30)/b19-12+/t14-/m1/s1. The van der Waals surface area contributed by atoms with Gasteiger partial charge in [0.25, 0.3) is 11.8 Å². The molecule has 0 aromatic heterocycles. The first kappa shape index (κ1) is 21.8. The van der Waals surface area contributed by atoms with Gasteiger partial charge in [-0.2, -0.15) is 0 Å². The molecule has 1 heterocycles. The minimum atomic E-state index is -1.10. The molecule has 1 aliphatic rings. The maximum Gasteiger partial charge on any atom is 0.341 e. The number of imide groups is 2. The second-order valence-electron chi connectivity index (χ2n) is 7.11. The number of carboxylic acid groups (broad SMARTS) is 1.